The van der Waals surface area contributed by atoms with E-state index in [2.05, 4.69) is 64.8 Å². The second-order valence-corrected chi connectivity index (χ2v) is 8.58. The van der Waals surface area contributed by atoms with E-state index in [0.29, 0.717) is 11.8 Å². The molecule has 2 heterocycles. The van der Waals surface area contributed by atoms with Crippen LogP contribution in [0.3, 0.4) is 0 Å². The molecule has 0 spiro atoms. The number of nitrogens with one attached hydrogen (secondary N) is 3. The summed E-state index contributed by atoms with van der Waals surface area (Å²) in [4.78, 5) is 9.54. The zero-order valence-electron chi connectivity index (χ0n) is 17.6. The van der Waals surface area contributed by atoms with Gasteiger partial charge in [0.2, 0.25) is 5.95 Å². The summed E-state index contributed by atoms with van der Waals surface area (Å²) < 4.78 is 1.02. The summed E-state index contributed by atoms with van der Waals surface area (Å²) in [6, 6.07) is 8.26. The third-order valence-electron chi connectivity index (χ3n) is 4.74. The fourth-order valence-corrected chi connectivity index (χ4v) is 3.33. The Morgan fingerprint density at radius 2 is 1.72 bits per heavy atom. The summed E-state index contributed by atoms with van der Waals surface area (Å²) in [7, 11) is 0. The van der Waals surface area contributed by atoms with Gasteiger partial charge in [0.15, 0.2) is 11.6 Å². The van der Waals surface area contributed by atoms with E-state index >= 15 is 0 Å². The van der Waals surface area contributed by atoms with Gasteiger partial charge in [-0.1, -0.05) is 22.9 Å². The SMILES string of the molecule is CCC(CO)Nc1nc(Nc2ccc(Br)cc2)c2c(n1)N(C(C)C)NN2C(C)C. The van der Waals surface area contributed by atoms with Gasteiger partial charge in [0.1, 0.15) is 5.69 Å². The van der Waals surface area contributed by atoms with Crippen molar-refractivity contribution in [3.8, 4) is 0 Å². The molecule has 1 atom stereocenters. The number of halogens is 1. The summed E-state index contributed by atoms with van der Waals surface area (Å²) in [6.07, 6.45) is 0.774. The van der Waals surface area contributed by atoms with E-state index < -0.39 is 0 Å². The van der Waals surface area contributed by atoms with Gasteiger partial charge in [0.05, 0.1) is 12.6 Å². The minimum absolute atomic E-state index is 0.0245. The lowest BCUT2D eigenvalue weighted by molar-refractivity contribution is 0.271. The summed E-state index contributed by atoms with van der Waals surface area (Å²) in [5.41, 5.74) is 5.27. The minimum Gasteiger partial charge on any atom is -0.394 e. The molecule has 9 heteroatoms. The van der Waals surface area contributed by atoms with Gasteiger partial charge in [-0.25, -0.2) is 0 Å². The quantitative estimate of drug-likeness (QED) is 0.466. The molecule has 0 bridgehead atoms. The number of hydrazine groups is 2. The number of hydrogen-bond acceptors (Lipinski definition) is 8. The van der Waals surface area contributed by atoms with Crippen molar-refractivity contribution in [1.82, 2.24) is 15.5 Å². The smallest absolute Gasteiger partial charge is 0.227 e. The summed E-state index contributed by atoms with van der Waals surface area (Å²) in [6.45, 7) is 10.5. The molecule has 0 fully saturated rings. The van der Waals surface area contributed by atoms with E-state index in [1.54, 1.807) is 0 Å². The second-order valence-electron chi connectivity index (χ2n) is 7.66. The first-order valence-electron chi connectivity index (χ1n) is 10.0. The van der Waals surface area contributed by atoms with E-state index in [1.807, 2.05) is 36.2 Å². The number of aliphatic hydroxyl groups is 1. The normalized spacial score (nSPS) is 14.5. The van der Waals surface area contributed by atoms with Crippen LogP contribution in [0.25, 0.3) is 0 Å². The van der Waals surface area contributed by atoms with Crippen LogP contribution < -0.4 is 26.2 Å². The Bertz CT molecular complexity index is 824. The molecule has 0 aliphatic carbocycles. The molecule has 1 aliphatic rings. The van der Waals surface area contributed by atoms with Crippen LogP contribution >= 0.6 is 15.9 Å². The molecule has 3 rings (SSSR count). The Hall–Kier alpha value is -2.10. The van der Waals surface area contributed by atoms with Crippen molar-refractivity contribution in [2.24, 2.45) is 0 Å². The first kappa shape index (κ1) is 21.6. The molecule has 1 aromatic heterocycles. The Labute approximate surface area is 180 Å². The van der Waals surface area contributed by atoms with Crippen molar-refractivity contribution in [3.05, 3.63) is 28.7 Å². The molecule has 158 valence electrons. The van der Waals surface area contributed by atoms with Gasteiger partial charge in [-0.15, -0.1) is 5.53 Å². The number of aliphatic hydroxyl groups excluding tert-OH is 1. The highest BCUT2D eigenvalue weighted by molar-refractivity contribution is 9.10. The van der Waals surface area contributed by atoms with E-state index in [-0.39, 0.29) is 24.7 Å². The first-order chi connectivity index (χ1) is 13.8. The molecular weight excluding hydrogens is 434 g/mol. The fourth-order valence-electron chi connectivity index (χ4n) is 3.06. The fraction of sp³-hybridized carbons (Fsp3) is 0.500. The Morgan fingerprint density at radius 3 is 2.28 bits per heavy atom. The van der Waals surface area contributed by atoms with Gasteiger partial charge >= 0.3 is 0 Å². The third kappa shape index (κ3) is 4.73. The highest BCUT2D eigenvalue weighted by Crippen LogP contribution is 2.41. The van der Waals surface area contributed by atoms with Crippen LogP contribution in [-0.4, -0.2) is 39.8 Å². The van der Waals surface area contributed by atoms with Crippen LogP contribution in [0.2, 0.25) is 0 Å². The van der Waals surface area contributed by atoms with Gasteiger partial charge in [-0.2, -0.15) is 9.97 Å². The molecule has 1 aromatic carbocycles. The van der Waals surface area contributed by atoms with Crippen LogP contribution in [0.1, 0.15) is 41.0 Å². The van der Waals surface area contributed by atoms with Gasteiger partial charge in [-0.05, 0) is 58.4 Å². The standard InChI is InChI=1S/C20H30BrN7O/c1-6-15(11-29)23-20-24-18(22-16-9-7-14(21)8-10-16)17-19(25-20)28(13(4)5)26-27(17)12(2)3/h7-10,12-13,15,26,29H,6,11H2,1-5H3,(H2,22,23,24,25). The van der Waals surface area contributed by atoms with Gasteiger partial charge in [-0.3, -0.25) is 10.0 Å². The lowest BCUT2D eigenvalue weighted by atomic mass is 10.2. The average Bonchev–Trinajstić information content (AvgIpc) is 3.08. The zero-order valence-corrected chi connectivity index (χ0v) is 19.2. The maximum Gasteiger partial charge on any atom is 0.227 e. The van der Waals surface area contributed by atoms with Crippen molar-refractivity contribution >= 4 is 44.9 Å². The zero-order chi connectivity index (χ0) is 21.1. The highest BCUT2D eigenvalue weighted by Gasteiger charge is 2.35. The van der Waals surface area contributed by atoms with Crippen LogP contribution in [0, 0.1) is 0 Å². The van der Waals surface area contributed by atoms with Crippen LogP contribution in [0.5, 0.6) is 0 Å². The molecule has 1 aliphatic heterocycles. The Balaban J connectivity index is 2.09. The summed E-state index contributed by atoms with van der Waals surface area (Å²) in [5, 5.41) is 20.4. The number of fused-ring (bicyclic) bond motifs is 1. The number of anilines is 5. The molecule has 0 amide bonds. The van der Waals surface area contributed by atoms with E-state index in [4.69, 9.17) is 9.97 Å². The van der Waals surface area contributed by atoms with Crippen LogP contribution in [0.4, 0.5) is 29.0 Å². The predicted molar refractivity (Wildman–Crippen MR) is 123 cm³/mol. The van der Waals surface area contributed by atoms with Gasteiger partial charge in [0.25, 0.3) is 0 Å². The van der Waals surface area contributed by atoms with Gasteiger partial charge < -0.3 is 15.7 Å². The van der Waals surface area contributed by atoms with Crippen molar-refractivity contribution in [3.63, 3.8) is 0 Å². The highest BCUT2D eigenvalue weighted by atomic mass is 79.9. The lowest BCUT2D eigenvalue weighted by Gasteiger charge is -2.27. The number of nitrogens with zero attached hydrogens (tertiary/aromatic N) is 4. The molecular formula is C20H30BrN7O. The van der Waals surface area contributed by atoms with Crippen LogP contribution in [-0.2, 0) is 0 Å². The Kier molecular flexibility index (Phi) is 6.81. The Morgan fingerprint density at radius 1 is 1.07 bits per heavy atom. The van der Waals surface area contributed by atoms with E-state index in [0.717, 1.165) is 28.1 Å². The number of benzene rings is 1. The third-order valence-corrected chi connectivity index (χ3v) is 5.27. The molecule has 0 radical (unpaired) electrons. The molecule has 2 aromatic rings. The van der Waals surface area contributed by atoms with E-state index in [1.165, 1.54) is 0 Å². The molecule has 8 nitrogen and oxygen atoms in total. The maximum atomic E-state index is 9.60. The molecule has 29 heavy (non-hydrogen) atoms. The minimum atomic E-state index is -0.100. The van der Waals surface area contributed by atoms with Crippen molar-refractivity contribution in [2.45, 2.75) is 59.2 Å². The summed E-state index contributed by atoms with van der Waals surface area (Å²) in [5.74, 6) is 2.00. The first-order valence-corrected chi connectivity index (χ1v) is 10.8. The lowest BCUT2D eigenvalue weighted by Crippen LogP contribution is -2.50. The number of hydrogen-bond donors (Lipinski definition) is 4. The van der Waals surface area contributed by atoms with Crippen LogP contribution in [0.15, 0.2) is 28.7 Å². The molecule has 0 saturated heterocycles. The topological polar surface area (TPSA) is 88.6 Å². The molecule has 0 saturated carbocycles. The monoisotopic (exact) mass is 463 g/mol. The second kappa shape index (κ2) is 9.15. The predicted octanol–water partition coefficient (Wildman–Crippen LogP) is 4.03. The number of rotatable bonds is 8. The average molecular weight is 464 g/mol. The van der Waals surface area contributed by atoms with Crippen molar-refractivity contribution < 1.29 is 5.11 Å². The van der Waals surface area contributed by atoms with Crippen molar-refractivity contribution in [1.29, 1.82) is 0 Å². The van der Waals surface area contributed by atoms with E-state index in [9.17, 15) is 5.11 Å². The largest absolute Gasteiger partial charge is 0.394 e. The molecule has 1 unspecified atom stereocenters. The summed E-state index contributed by atoms with van der Waals surface area (Å²) >= 11 is 3.48. The van der Waals surface area contributed by atoms with Crippen molar-refractivity contribution in [2.75, 3.05) is 27.3 Å². The molecule has 4 N–H and O–H groups in total. The number of aromatic nitrogens is 2. The van der Waals surface area contributed by atoms with Gasteiger partial charge in [0, 0.05) is 22.2 Å². The maximum absolute atomic E-state index is 9.60.